The Morgan fingerprint density at radius 3 is 2.76 bits per heavy atom. The van der Waals surface area contributed by atoms with Crippen molar-refractivity contribution in [2.45, 2.75) is 31.7 Å². The number of nitrogens with one attached hydrogen (secondary N) is 1. The Morgan fingerprint density at radius 1 is 1.41 bits per heavy atom. The van der Waals surface area contributed by atoms with Crippen molar-refractivity contribution in [2.75, 3.05) is 26.8 Å². The molecule has 1 N–H and O–H groups in total. The first kappa shape index (κ1) is 12.5. The smallest absolute Gasteiger partial charge is 0.246 e. The molecule has 0 spiro atoms. The van der Waals surface area contributed by atoms with Crippen LogP contribution in [0.25, 0.3) is 0 Å². The fourth-order valence-electron chi connectivity index (χ4n) is 1.90. The summed E-state index contributed by atoms with van der Waals surface area (Å²) in [5.41, 5.74) is 0. The monoisotopic (exact) mass is 240 g/mol. The largest absolute Gasteiger partial charge is 0.381 e. The van der Waals surface area contributed by atoms with Gasteiger partial charge in [-0.15, -0.1) is 0 Å². The molecule has 0 radical (unpaired) electrons. The number of nitrogens with zero attached hydrogens (tertiary/aromatic N) is 1. The molecule has 0 bridgehead atoms. The van der Waals surface area contributed by atoms with E-state index in [4.69, 9.17) is 4.74 Å². The molecule has 1 unspecified atom stereocenters. The number of carbonyl (C=O) groups excluding carboxylic acids is 2. The van der Waals surface area contributed by atoms with Gasteiger partial charge < -0.3 is 10.1 Å². The third-order valence-corrected chi connectivity index (χ3v) is 3.29. The molecule has 2 fully saturated rings. The minimum atomic E-state index is -0.323. The molecular weight excluding hydrogens is 220 g/mol. The molecule has 0 aromatic heterocycles. The fourth-order valence-corrected chi connectivity index (χ4v) is 1.90. The lowest BCUT2D eigenvalue weighted by molar-refractivity contribution is -0.137. The third-order valence-electron chi connectivity index (χ3n) is 3.29. The van der Waals surface area contributed by atoms with Gasteiger partial charge in [0.05, 0.1) is 12.5 Å². The molecule has 2 amide bonds. The number of hydrogen-bond donors (Lipinski definition) is 1. The average Bonchev–Trinajstić information content (AvgIpc) is 3.09. The number of amides is 2. The summed E-state index contributed by atoms with van der Waals surface area (Å²) in [5.74, 6) is 0.581. The Balaban J connectivity index is 1.52. The summed E-state index contributed by atoms with van der Waals surface area (Å²) in [6.07, 6.45) is 3.79. The van der Waals surface area contributed by atoms with Crippen LogP contribution < -0.4 is 5.32 Å². The molecule has 1 saturated heterocycles. The molecule has 0 aromatic carbocycles. The van der Waals surface area contributed by atoms with Crippen LogP contribution in [-0.4, -0.2) is 49.6 Å². The summed E-state index contributed by atoms with van der Waals surface area (Å²) in [6, 6.07) is -0.323. The van der Waals surface area contributed by atoms with E-state index in [0.717, 1.165) is 32.1 Å². The summed E-state index contributed by atoms with van der Waals surface area (Å²) in [5, 5.41) is 3.10. The molecule has 2 aliphatic rings. The van der Waals surface area contributed by atoms with Gasteiger partial charge in [-0.05, 0) is 31.7 Å². The maximum Gasteiger partial charge on any atom is 0.246 e. The molecular formula is C12H20N2O3. The van der Waals surface area contributed by atoms with Crippen LogP contribution >= 0.6 is 0 Å². The zero-order chi connectivity index (χ0) is 12.3. The first-order valence-corrected chi connectivity index (χ1v) is 6.30. The zero-order valence-electron chi connectivity index (χ0n) is 10.3. The Labute approximate surface area is 101 Å². The molecule has 1 aliphatic heterocycles. The zero-order valence-corrected chi connectivity index (χ0v) is 10.3. The predicted molar refractivity (Wildman–Crippen MR) is 62.3 cm³/mol. The number of likely N-dealkylation sites (N-methyl/N-ethyl adjacent to an activating group) is 1. The Bertz CT molecular complexity index is 302. The normalized spacial score (nSPS) is 24.8. The SMILES string of the molecule is CN1C(=O)CC(NCCCOCC2CC2)C1=O. The lowest BCUT2D eigenvalue weighted by Crippen LogP contribution is -2.37. The highest BCUT2D eigenvalue weighted by Gasteiger charge is 2.35. The van der Waals surface area contributed by atoms with Gasteiger partial charge in [0.25, 0.3) is 0 Å². The van der Waals surface area contributed by atoms with Crippen LogP contribution in [0.5, 0.6) is 0 Å². The van der Waals surface area contributed by atoms with Crippen LogP contribution in [0.1, 0.15) is 25.7 Å². The van der Waals surface area contributed by atoms with Crippen molar-refractivity contribution in [3.05, 3.63) is 0 Å². The van der Waals surface area contributed by atoms with Gasteiger partial charge in [0.1, 0.15) is 0 Å². The van der Waals surface area contributed by atoms with Gasteiger partial charge in [-0.3, -0.25) is 14.5 Å². The van der Waals surface area contributed by atoms with Crippen molar-refractivity contribution < 1.29 is 14.3 Å². The van der Waals surface area contributed by atoms with Crippen molar-refractivity contribution in [3.8, 4) is 0 Å². The van der Waals surface area contributed by atoms with Crippen LogP contribution in [0.3, 0.4) is 0 Å². The van der Waals surface area contributed by atoms with Gasteiger partial charge in [-0.2, -0.15) is 0 Å². The maximum atomic E-state index is 11.5. The molecule has 1 saturated carbocycles. The van der Waals surface area contributed by atoms with E-state index >= 15 is 0 Å². The lowest BCUT2D eigenvalue weighted by Gasteiger charge is -2.10. The fraction of sp³-hybridized carbons (Fsp3) is 0.833. The average molecular weight is 240 g/mol. The van der Waals surface area contributed by atoms with E-state index in [-0.39, 0.29) is 24.3 Å². The minimum absolute atomic E-state index is 0.0996. The number of ether oxygens (including phenoxy) is 1. The molecule has 96 valence electrons. The first-order valence-electron chi connectivity index (χ1n) is 6.30. The van der Waals surface area contributed by atoms with Crippen LogP contribution in [0.2, 0.25) is 0 Å². The summed E-state index contributed by atoms with van der Waals surface area (Å²) in [6.45, 7) is 2.33. The van der Waals surface area contributed by atoms with Gasteiger partial charge in [-0.1, -0.05) is 0 Å². The highest BCUT2D eigenvalue weighted by atomic mass is 16.5. The van der Waals surface area contributed by atoms with E-state index in [1.807, 2.05) is 0 Å². The number of hydrogen-bond acceptors (Lipinski definition) is 4. The standard InChI is InChI=1S/C12H20N2O3/c1-14-11(15)7-10(12(14)16)13-5-2-6-17-8-9-3-4-9/h9-10,13H,2-8H2,1H3. The van der Waals surface area contributed by atoms with Crippen molar-refractivity contribution in [1.29, 1.82) is 0 Å². The van der Waals surface area contributed by atoms with E-state index in [0.29, 0.717) is 0 Å². The second-order valence-electron chi connectivity index (χ2n) is 4.87. The third kappa shape index (κ3) is 3.51. The van der Waals surface area contributed by atoms with E-state index in [9.17, 15) is 9.59 Å². The molecule has 1 atom stereocenters. The number of rotatable bonds is 7. The second-order valence-corrected chi connectivity index (χ2v) is 4.87. The van der Waals surface area contributed by atoms with E-state index < -0.39 is 0 Å². The predicted octanol–water partition coefficient (Wildman–Crippen LogP) is 0.150. The topological polar surface area (TPSA) is 58.6 Å². The van der Waals surface area contributed by atoms with Crippen molar-refractivity contribution >= 4 is 11.8 Å². The molecule has 5 nitrogen and oxygen atoms in total. The quantitative estimate of drug-likeness (QED) is 0.508. The number of carbonyl (C=O) groups is 2. The van der Waals surface area contributed by atoms with Crippen LogP contribution in [0.4, 0.5) is 0 Å². The molecule has 5 heteroatoms. The minimum Gasteiger partial charge on any atom is -0.381 e. The highest BCUT2D eigenvalue weighted by Crippen LogP contribution is 2.28. The molecule has 1 aliphatic carbocycles. The maximum absolute atomic E-state index is 11.5. The Morgan fingerprint density at radius 2 is 2.18 bits per heavy atom. The van der Waals surface area contributed by atoms with E-state index in [1.165, 1.54) is 24.8 Å². The molecule has 17 heavy (non-hydrogen) atoms. The van der Waals surface area contributed by atoms with E-state index in [1.54, 1.807) is 0 Å². The Hall–Kier alpha value is -0.940. The van der Waals surface area contributed by atoms with Gasteiger partial charge in [-0.25, -0.2) is 0 Å². The van der Waals surface area contributed by atoms with E-state index in [2.05, 4.69) is 5.32 Å². The van der Waals surface area contributed by atoms with Gasteiger partial charge in [0.2, 0.25) is 11.8 Å². The number of likely N-dealkylation sites (tertiary alicyclic amines) is 1. The highest BCUT2D eigenvalue weighted by molar-refractivity contribution is 6.05. The van der Waals surface area contributed by atoms with Gasteiger partial charge in [0.15, 0.2) is 0 Å². The number of imide groups is 1. The van der Waals surface area contributed by atoms with Gasteiger partial charge >= 0.3 is 0 Å². The van der Waals surface area contributed by atoms with Crippen LogP contribution in [0, 0.1) is 5.92 Å². The van der Waals surface area contributed by atoms with Crippen molar-refractivity contribution in [2.24, 2.45) is 5.92 Å². The molecule has 1 heterocycles. The lowest BCUT2D eigenvalue weighted by atomic mass is 10.2. The Kier molecular flexibility index (Phi) is 4.12. The second kappa shape index (κ2) is 5.60. The van der Waals surface area contributed by atoms with Crippen LogP contribution in [0.15, 0.2) is 0 Å². The van der Waals surface area contributed by atoms with Gasteiger partial charge in [0, 0.05) is 20.3 Å². The first-order chi connectivity index (χ1) is 8.18. The summed E-state index contributed by atoms with van der Waals surface area (Å²) in [4.78, 5) is 24.0. The van der Waals surface area contributed by atoms with Crippen molar-refractivity contribution in [1.82, 2.24) is 10.2 Å². The molecule has 0 aromatic rings. The van der Waals surface area contributed by atoms with Crippen molar-refractivity contribution in [3.63, 3.8) is 0 Å². The van der Waals surface area contributed by atoms with Crippen LogP contribution in [-0.2, 0) is 14.3 Å². The summed E-state index contributed by atoms with van der Waals surface area (Å²) < 4.78 is 5.49. The summed E-state index contributed by atoms with van der Waals surface area (Å²) >= 11 is 0. The summed E-state index contributed by atoms with van der Waals surface area (Å²) in [7, 11) is 1.53. The molecule has 2 rings (SSSR count).